The van der Waals surface area contributed by atoms with Gasteiger partial charge in [-0.3, -0.25) is 4.79 Å². The van der Waals surface area contributed by atoms with Crippen LogP contribution in [0.4, 0.5) is 0 Å². The molecule has 170 valence electrons. The Hall–Kier alpha value is -2.17. The quantitative estimate of drug-likeness (QED) is 0.663. The Kier molecular flexibility index (Phi) is 6.34. The lowest BCUT2D eigenvalue weighted by Gasteiger charge is -2.37. The Morgan fingerprint density at radius 2 is 1.56 bits per heavy atom. The van der Waals surface area contributed by atoms with E-state index in [0.717, 1.165) is 57.3 Å². The highest BCUT2D eigenvalue weighted by molar-refractivity contribution is 5.86. The van der Waals surface area contributed by atoms with Gasteiger partial charge >= 0.3 is 0 Å². The number of nitrogens with one attached hydrogen (secondary N) is 1. The van der Waals surface area contributed by atoms with E-state index in [0.29, 0.717) is 24.3 Å². The van der Waals surface area contributed by atoms with Crippen LogP contribution in [0.2, 0.25) is 0 Å². The number of piperidine rings is 1. The maximum absolute atomic E-state index is 13.4. The zero-order valence-corrected chi connectivity index (χ0v) is 19.0. The number of rotatable bonds is 8. The molecule has 2 N–H and O–H groups in total. The fraction of sp³-hybridized carbons (Fsp3) is 0.536. The van der Waals surface area contributed by atoms with Gasteiger partial charge in [-0.2, -0.15) is 0 Å². The number of fused-ring (bicyclic) bond motifs is 1. The second kappa shape index (κ2) is 9.36. The molecule has 2 aromatic carbocycles. The fourth-order valence-electron chi connectivity index (χ4n) is 6.26. The second-order valence-electron chi connectivity index (χ2n) is 10.2. The van der Waals surface area contributed by atoms with Crippen LogP contribution in [0.3, 0.4) is 0 Å². The van der Waals surface area contributed by atoms with Crippen molar-refractivity contribution in [3.8, 4) is 0 Å². The summed E-state index contributed by atoms with van der Waals surface area (Å²) in [4.78, 5) is 15.9. The van der Waals surface area contributed by atoms with Gasteiger partial charge in [0, 0.05) is 32.1 Å². The maximum Gasteiger partial charge on any atom is 0.256 e. The summed E-state index contributed by atoms with van der Waals surface area (Å²) in [6.45, 7) is 4.10. The first-order valence-corrected chi connectivity index (χ1v) is 12.5. The van der Waals surface area contributed by atoms with Crippen LogP contribution in [0.15, 0.2) is 60.7 Å². The number of carbonyl (C=O) groups is 1. The first-order valence-electron chi connectivity index (χ1n) is 12.5. The highest BCUT2D eigenvalue weighted by atomic mass is 16.3. The molecule has 3 aliphatic rings. The Morgan fingerprint density at radius 1 is 0.938 bits per heavy atom. The number of carbonyl (C=O) groups excluding carboxylic acids is 1. The van der Waals surface area contributed by atoms with Gasteiger partial charge < -0.3 is 15.3 Å². The molecule has 2 aliphatic carbocycles. The standard InChI is InChI=1S/C28H36N2O2/c31-27(28(32,22-12-6-2-7-13-22)23-14-8-3-9-15-23)29-18-24-25-19-30(20-26(24)25)17-16-21-10-4-1-5-11-21/h1-2,4-7,10-13,23-26,32H,3,8-9,14-20H2,(H,29,31). The summed E-state index contributed by atoms with van der Waals surface area (Å²) in [6, 6.07) is 20.3. The van der Waals surface area contributed by atoms with E-state index in [1.807, 2.05) is 30.3 Å². The molecule has 0 bridgehead atoms. The topological polar surface area (TPSA) is 52.6 Å². The zero-order chi connectivity index (χ0) is 22.0. The Balaban J connectivity index is 1.14. The van der Waals surface area contributed by atoms with Crippen molar-refractivity contribution >= 4 is 5.91 Å². The molecule has 1 aliphatic heterocycles. The van der Waals surface area contributed by atoms with Crippen LogP contribution in [0.25, 0.3) is 0 Å². The van der Waals surface area contributed by atoms with E-state index in [-0.39, 0.29) is 11.8 Å². The van der Waals surface area contributed by atoms with Crippen LogP contribution in [-0.2, 0) is 16.8 Å². The molecule has 5 rings (SSSR count). The summed E-state index contributed by atoms with van der Waals surface area (Å²) in [6.07, 6.45) is 6.34. The first kappa shape index (κ1) is 21.7. The lowest BCUT2D eigenvalue weighted by molar-refractivity contribution is -0.149. The van der Waals surface area contributed by atoms with Gasteiger partial charge in [-0.1, -0.05) is 79.9 Å². The number of amides is 1. The largest absolute Gasteiger partial charge is 0.375 e. The minimum atomic E-state index is -1.41. The van der Waals surface area contributed by atoms with Crippen molar-refractivity contribution in [2.24, 2.45) is 23.7 Å². The number of nitrogens with zero attached hydrogens (tertiary/aromatic N) is 1. The lowest BCUT2D eigenvalue weighted by atomic mass is 9.73. The Bertz CT molecular complexity index is 884. The van der Waals surface area contributed by atoms with Crippen LogP contribution in [0, 0.1) is 23.7 Å². The van der Waals surface area contributed by atoms with Gasteiger partial charge in [0.05, 0.1) is 0 Å². The third-order valence-corrected chi connectivity index (χ3v) is 8.26. The van der Waals surface area contributed by atoms with Crippen molar-refractivity contribution in [1.29, 1.82) is 0 Å². The molecule has 3 fully saturated rings. The number of aliphatic hydroxyl groups is 1. The van der Waals surface area contributed by atoms with Crippen molar-refractivity contribution in [1.82, 2.24) is 10.2 Å². The summed E-state index contributed by atoms with van der Waals surface area (Å²) < 4.78 is 0. The van der Waals surface area contributed by atoms with Gasteiger partial charge in [0.25, 0.3) is 5.91 Å². The number of likely N-dealkylation sites (tertiary alicyclic amines) is 1. The summed E-state index contributed by atoms with van der Waals surface area (Å²) >= 11 is 0. The van der Waals surface area contributed by atoms with Gasteiger partial charge in [-0.05, 0) is 48.1 Å². The normalized spacial score (nSPS) is 27.5. The molecular weight excluding hydrogens is 396 g/mol. The molecule has 0 aromatic heterocycles. The Morgan fingerprint density at radius 3 is 2.22 bits per heavy atom. The molecule has 4 nitrogen and oxygen atoms in total. The monoisotopic (exact) mass is 432 g/mol. The number of benzene rings is 2. The molecule has 2 saturated carbocycles. The summed E-state index contributed by atoms with van der Waals surface area (Å²) in [5.41, 5.74) is 0.736. The van der Waals surface area contributed by atoms with E-state index in [4.69, 9.17) is 0 Å². The lowest BCUT2D eigenvalue weighted by Crippen LogP contribution is -2.50. The van der Waals surface area contributed by atoms with Crippen LogP contribution < -0.4 is 5.32 Å². The smallest absolute Gasteiger partial charge is 0.256 e. The third kappa shape index (κ3) is 4.35. The SMILES string of the molecule is O=C(NCC1C2CN(CCc3ccccc3)CC12)C(O)(c1ccccc1)C1CCCCC1. The molecule has 32 heavy (non-hydrogen) atoms. The summed E-state index contributed by atoms with van der Waals surface area (Å²) in [5.74, 6) is 1.78. The van der Waals surface area contributed by atoms with Crippen molar-refractivity contribution in [3.05, 3.63) is 71.8 Å². The van der Waals surface area contributed by atoms with Crippen molar-refractivity contribution in [3.63, 3.8) is 0 Å². The molecule has 1 amide bonds. The third-order valence-electron chi connectivity index (χ3n) is 8.26. The predicted molar refractivity (Wildman–Crippen MR) is 127 cm³/mol. The molecule has 3 unspecified atom stereocenters. The van der Waals surface area contributed by atoms with E-state index in [1.165, 1.54) is 12.0 Å². The molecule has 1 saturated heterocycles. The van der Waals surface area contributed by atoms with Crippen molar-refractivity contribution < 1.29 is 9.90 Å². The van der Waals surface area contributed by atoms with Gasteiger partial charge in [0.1, 0.15) is 0 Å². The number of hydrogen-bond acceptors (Lipinski definition) is 3. The van der Waals surface area contributed by atoms with Crippen LogP contribution in [0.1, 0.15) is 43.2 Å². The van der Waals surface area contributed by atoms with Gasteiger partial charge in [-0.25, -0.2) is 0 Å². The van der Waals surface area contributed by atoms with E-state index < -0.39 is 5.60 Å². The first-order chi connectivity index (χ1) is 15.7. The molecule has 1 heterocycles. The predicted octanol–water partition coefficient (Wildman–Crippen LogP) is 3.99. The maximum atomic E-state index is 13.4. The van der Waals surface area contributed by atoms with Crippen molar-refractivity contribution in [2.45, 2.75) is 44.1 Å². The van der Waals surface area contributed by atoms with Gasteiger partial charge in [0.2, 0.25) is 0 Å². The van der Waals surface area contributed by atoms with Crippen LogP contribution >= 0.6 is 0 Å². The molecule has 2 aromatic rings. The minimum Gasteiger partial charge on any atom is -0.375 e. The molecule has 3 atom stereocenters. The molecule has 4 heteroatoms. The van der Waals surface area contributed by atoms with Crippen molar-refractivity contribution in [2.75, 3.05) is 26.2 Å². The van der Waals surface area contributed by atoms with E-state index in [9.17, 15) is 9.90 Å². The second-order valence-corrected chi connectivity index (χ2v) is 10.2. The molecule has 0 spiro atoms. The molecule has 0 radical (unpaired) electrons. The van der Waals surface area contributed by atoms with Gasteiger partial charge in [0.15, 0.2) is 5.60 Å². The van der Waals surface area contributed by atoms with E-state index >= 15 is 0 Å². The summed E-state index contributed by atoms with van der Waals surface area (Å²) in [7, 11) is 0. The minimum absolute atomic E-state index is 0.00540. The fourth-order valence-corrected chi connectivity index (χ4v) is 6.26. The zero-order valence-electron chi connectivity index (χ0n) is 19.0. The highest BCUT2D eigenvalue weighted by Crippen LogP contribution is 2.51. The van der Waals surface area contributed by atoms with E-state index in [2.05, 4.69) is 40.5 Å². The highest BCUT2D eigenvalue weighted by Gasteiger charge is 2.55. The van der Waals surface area contributed by atoms with E-state index in [1.54, 1.807) is 0 Å². The number of hydrogen-bond donors (Lipinski definition) is 2. The van der Waals surface area contributed by atoms with Gasteiger partial charge in [-0.15, -0.1) is 0 Å². The summed E-state index contributed by atoms with van der Waals surface area (Å²) in [5, 5.41) is 14.9. The van der Waals surface area contributed by atoms with Crippen LogP contribution in [-0.4, -0.2) is 42.1 Å². The van der Waals surface area contributed by atoms with Crippen LogP contribution in [0.5, 0.6) is 0 Å². The average molecular weight is 433 g/mol. The Labute approximate surface area is 192 Å². The average Bonchev–Trinajstić information content (AvgIpc) is 3.31. The molecular formula is C28H36N2O2.